The Labute approximate surface area is 128 Å². The third-order valence-electron chi connectivity index (χ3n) is 3.37. The van der Waals surface area contributed by atoms with Crippen molar-refractivity contribution < 1.29 is 0 Å². The number of nitrogens with zero attached hydrogens (tertiary/aromatic N) is 2. The summed E-state index contributed by atoms with van der Waals surface area (Å²) in [5.41, 5.74) is 3.00. The van der Waals surface area contributed by atoms with E-state index in [9.17, 15) is 0 Å². The average molecular weight is 305 g/mol. The zero-order valence-corrected chi connectivity index (χ0v) is 12.6. The number of benzene rings is 2. The summed E-state index contributed by atoms with van der Waals surface area (Å²) in [4.78, 5) is 4.67. The lowest BCUT2D eigenvalue weighted by molar-refractivity contribution is 0.726. The van der Waals surface area contributed by atoms with Crippen LogP contribution in [0.2, 0.25) is 5.02 Å². The summed E-state index contributed by atoms with van der Waals surface area (Å²) in [7, 11) is 0. The van der Waals surface area contributed by atoms with Crippen molar-refractivity contribution in [1.82, 2.24) is 9.55 Å². The second-order valence-corrected chi connectivity index (χ2v) is 5.49. The molecule has 0 spiro atoms. The van der Waals surface area contributed by atoms with Gasteiger partial charge in [-0.05, 0) is 30.7 Å². The first kappa shape index (κ1) is 13.5. The molecule has 1 aromatic heterocycles. The summed E-state index contributed by atoms with van der Waals surface area (Å²) < 4.78 is 2.12. The summed E-state index contributed by atoms with van der Waals surface area (Å²) in [5.74, 6) is 0.859. The Morgan fingerprint density at radius 3 is 2.60 bits per heavy atom. The van der Waals surface area contributed by atoms with Crippen molar-refractivity contribution >= 4 is 34.2 Å². The molecule has 4 heteroatoms. The highest BCUT2D eigenvalue weighted by atomic mass is 35.5. The van der Waals surface area contributed by atoms with E-state index in [1.807, 2.05) is 48.5 Å². The highest BCUT2D eigenvalue weighted by Crippen LogP contribution is 2.31. The molecule has 0 amide bonds. The highest BCUT2D eigenvalue weighted by molar-refractivity contribution is 6.31. The summed E-state index contributed by atoms with van der Waals surface area (Å²) in [5, 5.41) is 0.451. The Balaban J connectivity index is 2.16. The molecule has 3 rings (SSSR count). The number of imidazole rings is 1. The lowest BCUT2D eigenvalue weighted by atomic mass is 10.1. The van der Waals surface area contributed by atoms with E-state index in [0.717, 1.165) is 29.0 Å². The van der Waals surface area contributed by atoms with E-state index < -0.39 is 0 Å². The molecule has 1 unspecified atom stereocenters. The van der Waals surface area contributed by atoms with E-state index in [1.54, 1.807) is 0 Å². The van der Waals surface area contributed by atoms with Gasteiger partial charge in [-0.15, -0.1) is 11.6 Å². The molecule has 0 N–H and O–H groups in total. The lowest BCUT2D eigenvalue weighted by Crippen LogP contribution is -2.05. The van der Waals surface area contributed by atoms with Crippen molar-refractivity contribution in [2.45, 2.75) is 18.8 Å². The van der Waals surface area contributed by atoms with E-state index in [4.69, 9.17) is 23.2 Å². The second kappa shape index (κ2) is 5.47. The number of hydrogen-bond donors (Lipinski definition) is 0. The minimum Gasteiger partial charge on any atom is -0.327 e. The predicted octanol–water partition coefficient (Wildman–Crippen LogP) is 5.04. The fourth-order valence-corrected chi connectivity index (χ4v) is 2.89. The van der Waals surface area contributed by atoms with Gasteiger partial charge >= 0.3 is 0 Å². The van der Waals surface area contributed by atoms with E-state index in [0.29, 0.717) is 5.02 Å². The maximum Gasteiger partial charge on any atom is 0.132 e. The standard InChI is InChI=1S/C16H14Cl2N2/c1-2-20-14-10-12(17)8-9-13(14)19-16(20)15(18)11-6-4-3-5-7-11/h3-10,15H,2H2,1H3. The van der Waals surface area contributed by atoms with Crippen molar-refractivity contribution in [2.24, 2.45) is 0 Å². The molecule has 0 saturated carbocycles. The molecule has 0 fully saturated rings. The minimum absolute atomic E-state index is 0.262. The van der Waals surface area contributed by atoms with Crippen LogP contribution in [0, 0.1) is 0 Å². The summed E-state index contributed by atoms with van der Waals surface area (Å²) in [6, 6.07) is 15.7. The molecule has 0 saturated heterocycles. The first-order valence-corrected chi connectivity index (χ1v) is 7.37. The maximum absolute atomic E-state index is 6.61. The van der Waals surface area contributed by atoms with Crippen molar-refractivity contribution in [3.05, 3.63) is 64.9 Å². The van der Waals surface area contributed by atoms with Gasteiger partial charge in [0.2, 0.25) is 0 Å². The molecule has 1 heterocycles. The van der Waals surface area contributed by atoms with Crippen LogP contribution in [-0.2, 0) is 6.54 Å². The van der Waals surface area contributed by atoms with Crippen LogP contribution in [0.5, 0.6) is 0 Å². The van der Waals surface area contributed by atoms with Gasteiger partial charge in [0.15, 0.2) is 0 Å². The number of halogens is 2. The van der Waals surface area contributed by atoms with Gasteiger partial charge in [0, 0.05) is 11.6 Å². The first-order chi connectivity index (χ1) is 9.70. The molecule has 0 aliphatic heterocycles. The normalized spacial score (nSPS) is 12.8. The van der Waals surface area contributed by atoms with Crippen LogP contribution in [0.3, 0.4) is 0 Å². The zero-order chi connectivity index (χ0) is 14.1. The van der Waals surface area contributed by atoms with Gasteiger partial charge in [-0.3, -0.25) is 0 Å². The molecular formula is C16H14Cl2N2. The SMILES string of the molecule is CCn1c(C(Cl)c2ccccc2)nc2ccc(Cl)cc21. The fraction of sp³-hybridized carbons (Fsp3) is 0.188. The molecule has 0 radical (unpaired) electrons. The van der Waals surface area contributed by atoms with Gasteiger partial charge < -0.3 is 4.57 Å². The Kier molecular flexibility index (Phi) is 3.68. The topological polar surface area (TPSA) is 17.8 Å². The smallest absolute Gasteiger partial charge is 0.132 e. The van der Waals surface area contributed by atoms with Crippen LogP contribution >= 0.6 is 23.2 Å². The molecule has 3 aromatic rings. The third-order valence-corrected chi connectivity index (χ3v) is 4.06. The van der Waals surface area contributed by atoms with Gasteiger partial charge in [-0.1, -0.05) is 41.9 Å². The third kappa shape index (κ3) is 2.30. The van der Waals surface area contributed by atoms with Crippen LogP contribution in [0.15, 0.2) is 48.5 Å². The zero-order valence-electron chi connectivity index (χ0n) is 11.1. The van der Waals surface area contributed by atoms with Crippen molar-refractivity contribution in [2.75, 3.05) is 0 Å². The second-order valence-electron chi connectivity index (χ2n) is 4.62. The quantitative estimate of drug-likeness (QED) is 0.620. The number of hydrogen-bond acceptors (Lipinski definition) is 1. The minimum atomic E-state index is -0.262. The van der Waals surface area contributed by atoms with Crippen LogP contribution < -0.4 is 0 Å². The number of aromatic nitrogens is 2. The van der Waals surface area contributed by atoms with Crippen LogP contribution in [0.4, 0.5) is 0 Å². The molecule has 0 bridgehead atoms. The van der Waals surface area contributed by atoms with Crippen molar-refractivity contribution in [3.63, 3.8) is 0 Å². The molecule has 1 atom stereocenters. The summed E-state index contributed by atoms with van der Waals surface area (Å²) in [6.07, 6.45) is 0. The molecule has 20 heavy (non-hydrogen) atoms. The molecule has 0 aliphatic carbocycles. The largest absolute Gasteiger partial charge is 0.327 e. The number of rotatable bonds is 3. The van der Waals surface area contributed by atoms with Gasteiger partial charge in [0.05, 0.1) is 11.0 Å². The Morgan fingerprint density at radius 1 is 1.15 bits per heavy atom. The maximum atomic E-state index is 6.61. The number of aryl methyl sites for hydroxylation is 1. The van der Waals surface area contributed by atoms with Crippen LogP contribution in [0.25, 0.3) is 11.0 Å². The van der Waals surface area contributed by atoms with E-state index in [-0.39, 0.29) is 5.38 Å². The van der Waals surface area contributed by atoms with E-state index in [1.165, 1.54) is 0 Å². The van der Waals surface area contributed by atoms with Crippen molar-refractivity contribution in [1.29, 1.82) is 0 Å². The predicted molar refractivity (Wildman–Crippen MR) is 84.6 cm³/mol. The Hall–Kier alpha value is -1.51. The lowest BCUT2D eigenvalue weighted by Gasteiger charge is -2.12. The van der Waals surface area contributed by atoms with Gasteiger partial charge in [0.25, 0.3) is 0 Å². The summed E-state index contributed by atoms with van der Waals surface area (Å²) in [6.45, 7) is 2.89. The monoisotopic (exact) mass is 304 g/mol. The molecule has 0 aliphatic rings. The Bertz CT molecular complexity index is 735. The molecule has 2 aromatic carbocycles. The molecule has 102 valence electrons. The van der Waals surface area contributed by atoms with Crippen LogP contribution in [-0.4, -0.2) is 9.55 Å². The van der Waals surface area contributed by atoms with Gasteiger partial charge in [-0.2, -0.15) is 0 Å². The number of fused-ring (bicyclic) bond motifs is 1. The van der Waals surface area contributed by atoms with Crippen LogP contribution in [0.1, 0.15) is 23.7 Å². The Morgan fingerprint density at radius 2 is 1.90 bits per heavy atom. The van der Waals surface area contributed by atoms with E-state index >= 15 is 0 Å². The fourth-order valence-electron chi connectivity index (χ4n) is 2.41. The number of alkyl halides is 1. The van der Waals surface area contributed by atoms with Gasteiger partial charge in [0.1, 0.15) is 11.2 Å². The van der Waals surface area contributed by atoms with Crippen molar-refractivity contribution in [3.8, 4) is 0 Å². The highest BCUT2D eigenvalue weighted by Gasteiger charge is 2.19. The summed E-state index contributed by atoms with van der Waals surface area (Å²) >= 11 is 12.7. The molecule has 2 nitrogen and oxygen atoms in total. The first-order valence-electron chi connectivity index (χ1n) is 6.55. The average Bonchev–Trinajstić information content (AvgIpc) is 2.85. The van der Waals surface area contributed by atoms with E-state index in [2.05, 4.69) is 16.5 Å². The van der Waals surface area contributed by atoms with Gasteiger partial charge in [-0.25, -0.2) is 4.98 Å². The molecular weight excluding hydrogens is 291 g/mol.